The van der Waals surface area contributed by atoms with Gasteiger partial charge in [0.1, 0.15) is 0 Å². The van der Waals surface area contributed by atoms with Crippen LogP contribution in [0.5, 0.6) is 0 Å². The molecule has 0 heterocycles. The molecule has 0 fully saturated rings. The van der Waals surface area contributed by atoms with E-state index in [1.54, 1.807) is 0 Å². The Kier molecular flexibility index (Phi) is 7.28. The van der Waals surface area contributed by atoms with Gasteiger partial charge in [-0.15, -0.1) is 6.58 Å². The summed E-state index contributed by atoms with van der Waals surface area (Å²) in [5.74, 6) is 1.10. The first-order valence-electron chi connectivity index (χ1n) is 8.06. The molecule has 0 bridgehead atoms. The standard InChI is InChI=1S/C20H31N/c1-7-8-9-18(17(5)21-6)11-12-19-14-16(4)10-13-20(19)15(2)3/h7,10,13-15,18,21H,1,5,8-9,11-12H2,2-4,6H3. The number of hydrogen-bond acceptors (Lipinski definition) is 1. The third-order valence-electron chi connectivity index (χ3n) is 4.22. The molecule has 0 saturated carbocycles. The molecule has 1 nitrogen and oxygen atoms in total. The van der Waals surface area contributed by atoms with E-state index in [1.807, 2.05) is 13.1 Å². The van der Waals surface area contributed by atoms with Gasteiger partial charge in [-0.25, -0.2) is 0 Å². The zero-order valence-electron chi connectivity index (χ0n) is 14.2. The Morgan fingerprint density at radius 1 is 1.29 bits per heavy atom. The van der Waals surface area contributed by atoms with E-state index in [4.69, 9.17) is 0 Å². The normalized spacial score (nSPS) is 12.2. The molecule has 0 aliphatic heterocycles. The van der Waals surface area contributed by atoms with E-state index in [1.165, 1.54) is 16.7 Å². The number of allylic oxidation sites excluding steroid dienone is 2. The SMILES string of the molecule is C=CCCC(CCc1cc(C)ccc1C(C)C)C(=C)NC. The highest BCUT2D eigenvalue weighted by atomic mass is 14.8. The van der Waals surface area contributed by atoms with Gasteiger partial charge in [0.05, 0.1) is 0 Å². The van der Waals surface area contributed by atoms with Crippen LogP contribution in [0.2, 0.25) is 0 Å². The Balaban J connectivity index is 2.81. The molecule has 116 valence electrons. The fraction of sp³-hybridized carbons (Fsp3) is 0.500. The summed E-state index contributed by atoms with van der Waals surface area (Å²) >= 11 is 0. The van der Waals surface area contributed by atoms with E-state index in [2.05, 4.69) is 57.4 Å². The minimum absolute atomic E-state index is 0.522. The second-order valence-corrected chi connectivity index (χ2v) is 6.23. The molecule has 1 aromatic carbocycles. The first-order valence-corrected chi connectivity index (χ1v) is 8.06. The molecule has 0 aliphatic rings. The third-order valence-corrected chi connectivity index (χ3v) is 4.22. The van der Waals surface area contributed by atoms with Gasteiger partial charge in [0, 0.05) is 12.7 Å². The Morgan fingerprint density at radius 3 is 2.57 bits per heavy atom. The van der Waals surface area contributed by atoms with Crippen molar-refractivity contribution in [1.29, 1.82) is 0 Å². The highest BCUT2D eigenvalue weighted by molar-refractivity contribution is 5.33. The van der Waals surface area contributed by atoms with Gasteiger partial charge in [-0.3, -0.25) is 0 Å². The highest BCUT2D eigenvalue weighted by Gasteiger charge is 2.13. The molecule has 0 spiro atoms. The average Bonchev–Trinajstić information content (AvgIpc) is 2.46. The van der Waals surface area contributed by atoms with E-state index in [-0.39, 0.29) is 0 Å². The smallest absolute Gasteiger partial charge is 0.00628 e. The van der Waals surface area contributed by atoms with Crippen LogP contribution >= 0.6 is 0 Å². The molecule has 0 radical (unpaired) electrons. The van der Waals surface area contributed by atoms with Crippen molar-refractivity contribution in [1.82, 2.24) is 5.32 Å². The van der Waals surface area contributed by atoms with Crippen molar-refractivity contribution < 1.29 is 0 Å². The van der Waals surface area contributed by atoms with Crippen LogP contribution in [-0.2, 0) is 6.42 Å². The van der Waals surface area contributed by atoms with E-state index in [0.717, 1.165) is 31.4 Å². The minimum Gasteiger partial charge on any atom is -0.392 e. The van der Waals surface area contributed by atoms with E-state index in [0.29, 0.717) is 11.8 Å². The van der Waals surface area contributed by atoms with Crippen molar-refractivity contribution in [2.45, 2.75) is 52.4 Å². The molecule has 0 amide bonds. The van der Waals surface area contributed by atoms with Gasteiger partial charge >= 0.3 is 0 Å². The molecule has 1 unspecified atom stereocenters. The van der Waals surface area contributed by atoms with Crippen LogP contribution in [0.4, 0.5) is 0 Å². The largest absolute Gasteiger partial charge is 0.392 e. The van der Waals surface area contributed by atoms with Gasteiger partial charge in [0.2, 0.25) is 0 Å². The maximum Gasteiger partial charge on any atom is 0.00628 e. The Labute approximate surface area is 131 Å². The van der Waals surface area contributed by atoms with Gasteiger partial charge in [-0.05, 0) is 55.6 Å². The van der Waals surface area contributed by atoms with Gasteiger partial charge in [0.25, 0.3) is 0 Å². The predicted molar refractivity (Wildman–Crippen MR) is 94.7 cm³/mol. The molecule has 1 rings (SSSR count). The lowest BCUT2D eigenvalue weighted by Crippen LogP contribution is -2.16. The Hall–Kier alpha value is -1.50. The summed E-state index contributed by atoms with van der Waals surface area (Å²) in [4.78, 5) is 0. The van der Waals surface area contributed by atoms with Crippen molar-refractivity contribution in [2.24, 2.45) is 5.92 Å². The molecule has 0 aliphatic carbocycles. The van der Waals surface area contributed by atoms with Crippen LogP contribution in [0.15, 0.2) is 43.1 Å². The minimum atomic E-state index is 0.522. The summed E-state index contributed by atoms with van der Waals surface area (Å²) in [6.07, 6.45) is 6.46. The summed E-state index contributed by atoms with van der Waals surface area (Å²) in [7, 11) is 1.97. The maximum atomic E-state index is 4.17. The van der Waals surface area contributed by atoms with Crippen LogP contribution in [0.3, 0.4) is 0 Å². The summed E-state index contributed by atoms with van der Waals surface area (Å²) in [5.41, 5.74) is 5.48. The van der Waals surface area contributed by atoms with Crippen LogP contribution in [0.1, 0.15) is 55.7 Å². The van der Waals surface area contributed by atoms with Gasteiger partial charge < -0.3 is 5.32 Å². The molecule has 1 aromatic rings. The summed E-state index contributed by atoms with van der Waals surface area (Å²) in [6, 6.07) is 6.86. The topological polar surface area (TPSA) is 12.0 Å². The molecule has 0 saturated heterocycles. The lowest BCUT2D eigenvalue weighted by molar-refractivity contribution is 0.499. The molecular formula is C20H31N. The van der Waals surface area contributed by atoms with Crippen molar-refractivity contribution in [3.05, 3.63) is 59.8 Å². The molecule has 21 heavy (non-hydrogen) atoms. The van der Waals surface area contributed by atoms with Crippen molar-refractivity contribution in [2.75, 3.05) is 7.05 Å². The summed E-state index contributed by atoms with van der Waals surface area (Å²) in [5, 5.41) is 3.23. The van der Waals surface area contributed by atoms with Crippen molar-refractivity contribution >= 4 is 0 Å². The lowest BCUT2D eigenvalue weighted by Gasteiger charge is -2.20. The van der Waals surface area contributed by atoms with Gasteiger partial charge in [-0.2, -0.15) is 0 Å². The van der Waals surface area contributed by atoms with Crippen LogP contribution in [0, 0.1) is 12.8 Å². The number of benzene rings is 1. The van der Waals surface area contributed by atoms with E-state index in [9.17, 15) is 0 Å². The van der Waals surface area contributed by atoms with Crippen LogP contribution < -0.4 is 5.32 Å². The zero-order valence-corrected chi connectivity index (χ0v) is 14.2. The van der Waals surface area contributed by atoms with E-state index < -0.39 is 0 Å². The first kappa shape index (κ1) is 17.6. The number of nitrogens with one attached hydrogen (secondary N) is 1. The fourth-order valence-electron chi connectivity index (χ4n) is 2.86. The van der Waals surface area contributed by atoms with E-state index >= 15 is 0 Å². The molecule has 1 heteroatoms. The predicted octanol–water partition coefficient (Wildman–Crippen LogP) is 5.37. The van der Waals surface area contributed by atoms with Crippen LogP contribution in [-0.4, -0.2) is 7.05 Å². The molecule has 0 aromatic heterocycles. The maximum absolute atomic E-state index is 4.17. The van der Waals surface area contributed by atoms with Crippen LogP contribution in [0.25, 0.3) is 0 Å². The van der Waals surface area contributed by atoms with Gasteiger partial charge in [0.15, 0.2) is 0 Å². The van der Waals surface area contributed by atoms with Crippen molar-refractivity contribution in [3.8, 4) is 0 Å². The highest BCUT2D eigenvalue weighted by Crippen LogP contribution is 2.26. The zero-order chi connectivity index (χ0) is 15.8. The van der Waals surface area contributed by atoms with Crippen molar-refractivity contribution in [3.63, 3.8) is 0 Å². The average molecular weight is 285 g/mol. The number of hydrogen-bond donors (Lipinski definition) is 1. The first-order chi connectivity index (χ1) is 9.99. The second-order valence-electron chi connectivity index (χ2n) is 6.23. The van der Waals surface area contributed by atoms with Gasteiger partial charge in [-0.1, -0.05) is 50.3 Å². The number of aryl methyl sites for hydroxylation is 2. The fourth-order valence-corrected chi connectivity index (χ4v) is 2.86. The Morgan fingerprint density at radius 2 is 2.00 bits per heavy atom. The molecule has 1 N–H and O–H groups in total. The molecular weight excluding hydrogens is 254 g/mol. The quantitative estimate of drug-likeness (QED) is 0.602. The third kappa shape index (κ3) is 5.41. The monoisotopic (exact) mass is 285 g/mol. The Bertz CT molecular complexity index is 471. The number of rotatable bonds is 9. The second kappa shape index (κ2) is 8.71. The molecule has 1 atom stereocenters. The summed E-state index contributed by atoms with van der Waals surface area (Å²) < 4.78 is 0. The summed E-state index contributed by atoms with van der Waals surface area (Å²) in [6.45, 7) is 14.7. The lowest BCUT2D eigenvalue weighted by atomic mass is 9.88.